The monoisotopic (exact) mass is 498 g/mol. The number of amides is 2. The van der Waals surface area contributed by atoms with Crippen molar-refractivity contribution in [1.29, 1.82) is 5.26 Å². The van der Waals surface area contributed by atoms with Crippen molar-refractivity contribution in [3.63, 3.8) is 0 Å². The molecule has 0 aliphatic carbocycles. The van der Waals surface area contributed by atoms with Gasteiger partial charge in [-0.1, -0.05) is 17.7 Å². The molecule has 2 saturated heterocycles. The van der Waals surface area contributed by atoms with E-state index in [2.05, 4.69) is 0 Å². The summed E-state index contributed by atoms with van der Waals surface area (Å²) in [4.78, 5) is 28.9. The van der Waals surface area contributed by atoms with Gasteiger partial charge in [0.2, 0.25) is 5.91 Å². The second-order valence-electron chi connectivity index (χ2n) is 9.87. The first-order chi connectivity index (χ1) is 17.0. The number of anilines is 1. The minimum atomic E-state index is -4.65. The molecule has 2 atom stereocenters. The molecule has 6 nitrogen and oxygen atoms in total. The second kappa shape index (κ2) is 9.84. The van der Waals surface area contributed by atoms with Crippen molar-refractivity contribution in [1.82, 2.24) is 4.90 Å². The molecule has 2 aromatic carbocycles. The lowest BCUT2D eigenvalue weighted by molar-refractivity contribution is -0.137. The first-order valence-electron chi connectivity index (χ1n) is 12.0. The summed E-state index contributed by atoms with van der Waals surface area (Å²) in [6.45, 7) is 5.62. The maximum atomic E-state index is 13.5. The van der Waals surface area contributed by atoms with Crippen molar-refractivity contribution in [2.24, 2.45) is 23.5 Å². The molecule has 0 aromatic heterocycles. The third kappa shape index (κ3) is 5.03. The predicted octanol–water partition coefficient (Wildman–Crippen LogP) is 4.28. The number of hydrogen-bond donors (Lipinski definition) is 1. The number of halogens is 3. The molecule has 2 heterocycles. The van der Waals surface area contributed by atoms with E-state index < -0.39 is 29.1 Å². The van der Waals surface area contributed by atoms with Gasteiger partial charge in [-0.05, 0) is 68.4 Å². The molecule has 2 amide bonds. The number of benzene rings is 2. The molecule has 0 saturated carbocycles. The largest absolute Gasteiger partial charge is 0.417 e. The van der Waals surface area contributed by atoms with E-state index in [1.807, 2.05) is 36.9 Å². The molecule has 2 aromatic rings. The number of carbonyl (C=O) groups is 2. The van der Waals surface area contributed by atoms with Crippen LogP contribution in [0.4, 0.5) is 18.9 Å². The zero-order chi connectivity index (χ0) is 26.2. The fourth-order valence-electron chi connectivity index (χ4n) is 5.63. The van der Waals surface area contributed by atoms with Gasteiger partial charge in [-0.3, -0.25) is 9.59 Å². The lowest BCUT2D eigenvalue weighted by atomic mass is 9.78. The minimum absolute atomic E-state index is 0.0114. The Hall–Kier alpha value is -3.54. The van der Waals surface area contributed by atoms with Crippen molar-refractivity contribution >= 4 is 17.5 Å². The van der Waals surface area contributed by atoms with Crippen LogP contribution in [0.25, 0.3) is 0 Å². The van der Waals surface area contributed by atoms with Crippen LogP contribution < -0.4 is 10.6 Å². The molecule has 9 heteroatoms. The number of aryl methyl sites for hydroxylation is 2. The number of primary amides is 1. The Morgan fingerprint density at radius 1 is 1.06 bits per heavy atom. The Morgan fingerprint density at radius 3 is 2.33 bits per heavy atom. The van der Waals surface area contributed by atoms with Gasteiger partial charge in [-0.2, -0.15) is 18.4 Å². The standard InChI is InChI=1S/C27H29F3N4O2/c1-16-3-6-21(17(2)11-16)26(36)33-9-7-18(8-10-33)22-14-34(15-23(22)25(32)35)20-5-4-19(13-31)24(12-20)27(28,29)30/h3-6,11-12,18,22-23H,7-10,14-15H2,1-2H3,(H2,32,35). The average Bonchev–Trinajstić information content (AvgIpc) is 3.29. The number of likely N-dealkylation sites (tertiary alicyclic amines) is 1. The minimum Gasteiger partial charge on any atom is -0.370 e. The van der Waals surface area contributed by atoms with Gasteiger partial charge >= 0.3 is 6.18 Å². The number of nitrogens with two attached hydrogens (primary N) is 1. The van der Waals surface area contributed by atoms with E-state index in [0.29, 0.717) is 43.7 Å². The van der Waals surface area contributed by atoms with Crippen molar-refractivity contribution in [2.45, 2.75) is 32.9 Å². The summed E-state index contributed by atoms with van der Waals surface area (Å²) in [7, 11) is 0. The second-order valence-corrected chi connectivity index (χ2v) is 9.87. The fraction of sp³-hybridized carbons (Fsp3) is 0.444. The maximum Gasteiger partial charge on any atom is 0.417 e. The Labute approximate surface area is 208 Å². The number of hydrogen-bond acceptors (Lipinski definition) is 4. The van der Waals surface area contributed by atoms with Gasteiger partial charge in [0.1, 0.15) is 0 Å². The number of nitrogens with zero attached hydrogens (tertiary/aromatic N) is 3. The first kappa shape index (κ1) is 25.5. The van der Waals surface area contributed by atoms with E-state index in [9.17, 15) is 22.8 Å². The van der Waals surface area contributed by atoms with Crippen LogP contribution in [0.1, 0.15) is 45.5 Å². The van der Waals surface area contributed by atoms with Crippen LogP contribution in [0.15, 0.2) is 36.4 Å². The highest BCUT2D eigenvalue weighted by Gasteiger charge is 2.43. The quantitative estimate of drug-likeness (QED) is 0.681. The molecular weight excluding hydrogens is 469 g/mol. The number of rotatable bonds is 4. The molecule has 2 unspecified atom stereocenters. The van der Waals surface area contributed by atoms with Crippen LogP contribution in [0, 0.1) is 42.9 Å². The topological polar surface area (TPSA) is 90.4 Å². The molecule has 36 heavy (non-hydrogen) atoms. The van der Waals surface area contributed by atoms with Crippen molar-refractivity contribution in [3.8, 4) is 6.07 Å². The summed E-state index contributed by atoms with van der Waals surface area (Å²) < 4.78 is 40.4. The van der Waals surface area contributed by atoms with Gasteiger partial charge < -0.3 is 15.5 Å². The Morgan fingerprint density at radius 2 is 1.75 bits per heavy atom. The summed E-state index contributed by atoms with van der Waals surface area (Å²) in [5, 5.41) is 9.07. The van der Waals surface area contributed by atoms with Gasteiger partial charge in [0.05, 0.1) is 23.1 Å². The first-order valence-corrected chi connectivity index (χ1v) is 12.0. The lowest BCUT2D eigenvalue weighted by Crippen LogP contribution is -2.42. The third-order valence-electron chi connectivity index (χ3n) is 7.57. The fourth-order valence-corrected chi connectivity index (χ4v) is 5.63. The van der Waals surface area contributed by atoms with E-state index in [-0.39, 0.29) is 24.3 Å². The predicted molar refractivity (Wildman–Crippen MR) is 129 cm³/mol. The van der Waals surface area contributed by atoms with Crippen molar-refractivity contribution in [2.75, 3.05) is 31.1 Å². The molecule has 2 aliphatic heterocycles. The van der Waals surface area contributed by atoms with E-state index in [4.69, 9.17) is 11.0 Å². The summed E-state index contributed by atoms with van der Waals surface area (Å²) in [6.07, 6.45) is -3.27. The Bertz CT molecular complexity index is 1210. The molecule has 4 rings (SSSR count). The average molecular weight is 499 g/mol. The van der Waals surface area contributed by atoms with Gasteiger partial charge in [-0.25, -0.2) is 0 Å². The summed E-state index contributed by atoms with van der Waals surface area (Å²) in [5.41, 5.74) is 7.31. The summed E-state index contributed by atoms with van der Waals surface area (Å²) in [6, 6.07) is 11.0. The van der Waals surface area contributed by atoms with Crippen molar-refractivity contribution in [3.05, 3.63) is 64.2 Å². The van der Waals surface area contributed by atoms with Crippen molar-refractivity contribution < 1.29 is 22.8 Å². The van der Waals surface area contributed by atoms with Crippen LogP contribution in [0.2, 0.25) is 0 Å². The number of alkyl halides is 3. The summed E-state index contributed by atoms with van der Waals surface area (Å²) >= 11 is 0. The summed E-state index contributed by atoms with van der Waals surface area (Å²) in [5.74, 6) is -0.979. The molecular formula is C27H29F3N4O2. The molecule has 0 radical (unpaired) electrons. The Balaban J connectivity index is 1.48. The zero-order valence-electron chi connectivity index (χ0n) is 20.3. The van der Waals surface area contributed by atoms with Gasteiger partial charge in [0, 0.05) is 37.4 Å². The lowest BCUT2D eigenvalue weighted by Gasteiger charge is -2.36. The SMILES string of the molecule is Cc1ccc(C(=O)N2CCC(C3CN(c4ccc(C#N)c(C(F)(F)F)c4)CC3C(N)=O)CC2)c(C)c1. The van der Waals surface area contributed by atoms with Crippen LogP contribution >= 0.6 is 0 Å². The molecule has 0 bridgehead atoms. The number of carbonyl (C=O) groups excluding carboxylic acids is 2. The molecule has 2 fully saturated rings. The van der Waals surface area contributed by atoms with E-state index in [1.165, 1.54) is 12.1 Å². The number of nitriles is 1. The number of piperidine rings is 1. The zero-order valence-corrected chi connectivity index (χ0v) is 20.3. The van der Waals surface area contributed by atoms with E-state index in [1.54, 1.807) is 11.0 Å². The highest BCUT2D eigenvalue weighted by molar-refractivity contribution is 5.95. The third-order valence-corrected chi connectivity index (χ3v) is 7.57. The Kier molecular flexibility index (Phi) is 6.98. The smallest absolute Gasteiger partial charge is 0.370 e. The van der Waals surface area contributed by atoms with E-state index >= 15 is 0 Å². The normalized spacial score (nSPS) is 20.9. The molecule has 2 N–H and O–H groups in total. The van der Waals surface area contributed by atoms with Crippen LogP contribution in [-0.2, 0) is 11.0 Å². The molecule has 190 valence electrons. The van der Waals surface area contributed by atoms with Gasteiger partial charge in [0.25, 0.3) is 5.91 Å². The highest BCUT2D eigenvalue weighted by Crippen LogP contribution is 2.40. The van der Waals surface area contributed by atoms with E-state index in [0.717, 1.165) is 17.2 Å². The molecule has 2 aliphatic rings. The van der Waals surface area contributed by atoms with Crippen LogP contribution in [0.5, 0.6) is 0 Å². The van der Waals surface area contributed by atoms with Crippen LogP contribution in [-0.4, -0.2) is 42.9 Å². The van der Waals surface area contributed by atoms with Gasteiger partial charge in [-0.15, -0.1) is 0 Å². The molecule has 0 spiro atoms. The maximum absolute atomic E-state index is 13.5. The van der Waals surface area contributed by atoms with Crippen LogP contribution in [0.3, 0.4) is 0 Å². The van der Waals surface area contributed by atoms with Gasteiger partial charge in [0.15, 0.2) is 0 Å². The highest BCUT2D eigenvalue weighted by atomic mass is 19.4.